The number of hydrogen-bond acceptors (Lipinski definition) is 2. The van der Waals surface area contributed by atoms with Crippen molar-refractivity contribution in [3.05, 3.63) is 65.5 Å². The molecule has 0 amide bonds. The molecule has 0 aliphatic rings. The molecular weight excluding hydrogens is 244 g/mol. The molecule has 0 aliphatic heterocycles. The van der Waals surface area contributed by atoms with Crippen molar-refractivity contribution in [1.82, 2.24) is 4.98 Å². The molecule has 1 heterocycles. The van der Waals surface area contributed by atoms with Crippen molar-refractivity contribution in [2.45, 2.75) is 40.5 Å². The van der Waals surface area contributed by atoms with Crippen LogP contribution in [0.2, 0.25) is 0 Å². The van der Waals surface area contributed by atoms with E-state index in [-0.39, 0.29) is 0 Å². The van der Waals surface area contributed by atoms with Crippen LogP contribution in [0.4, 0.5) is 0 Å². The molecule has 2 heteroatoms. The molecule has 0 atom stereocenters. The second-order valence-corrected chi connectivity index (χ2v) is 4.36. The predicted octanol–water partition coefficient (Wildman–Crippen LogP) is 5.10. The van der Waals surface area contributed by atoms with Gasteiger partial charge in [0, 0.05) is 11.9 Å². The van der Waals surface area contributed by atoms with E-state index in [1.807, 2.05) is 63.2 Å². The van der Waals surface area contributed by atoms with Crippen molar-refractivity contribution >= 4 is 0 Å². The predicted molar refractivity (Wildman–Crippen MR) is 85.6 cm³/mol. The Hall–Kier alpha value is -2.14. The molecule has 106 valence electrons. The summed E-state index contributed by atoms with van der Waals surface area (Å²) in [6, 6.07) is 15.7. The lowest BCUT2D eigenvalue weighted by Gasteiger charge is -2.02. The van der Waals surface area contributed by atoms with Gasteiger partial charge in [-0.1, -0.05) is 45.9 Å². The van der Waals surface area contributed by atoms with Gasteiger partial charge in [0.15, 0.2) is 0 Å². The fraction of sp³-hybridized carbons (Fsp3) is 0.333. The SMILES string of the molecule is CC.CC(C)c1ccc(C#N)cc1.Cc1ccccn1. The number of pyridine rings is 1. The molecule has 2 nitrogen and oxygen atoms in total. The number of aryl methyl sites for hydroxylation is 1. The molecule has 1 aromatic carbocycles. The first kappa shape index (κ1) is 17.9. The van der Waals surface area contributed by atoms with Gasteiger partial charge in [-0.15, -0.1) is 0 Å². The van der Waals surface area contributed by atoms with E-state index < -0.39 is 0 Å². The Morgan fingerprint density at radius 2 is 1.60 bits per heavy atom. The van der Waals surface area contributed by atoms with Crippen LogP contribution < -0.4 is 0 Å². The lowest BCUT2D eigenvalue weighted by molar-refractivity contribution is 0.866. The standard InChI is InChI=1S/C10H11N.C6H7N.C2H6/c1-8(2)10-5-3-9(7-11)4-6-10;1-6-4-2-3-5-7-6;1-2/h3-6,8H,1-2H3;2-5H,1H3;1-2H3. The first-order chi connectivity index (χ1) is 9.63. The van der Waals surface area contributed by atoms with Crippen LogP contribution in [-0.2, 0) is 0 Å². The summed E-state index contributed by atoms with van der Waals surface area (Å²) in [5, 5.41) is 8.52. The lowest BCUT2D eigenvalue weighted by Crippen LogP contribution is -1.85. The Morgan fingerprint density at radius 1 is 1.00 bits per heavy atom. The van der Waals surface area contributed by atoms with Crippen LogP contribution in [0.25, 0.3) is 0 Å². The minimum absolute atomic E-state index is 0.544. The Bertz CT molecular complexity index is 493. The molecule has 0 bridgehead atoms. The summed E-state index contributed by atoms with van der Waals surface area (Å²) in [4.78, 5) is 3.98. The van der Waals surface area contributed by atoms with Crippen LogP contribution in [0.1, 0.15) is 50.4 Å². The van der Waals surface area contributed by atoms with Gasteiger partial charge < -0.3 is 0 Å². The Morgan fingerprint density at radius 3 is 1.90 bits per heavy atom. The molecule has 0 unspecified atom stereocenters. The number of benzene rings is 1. The second kappa shape index (κ2) is 10.8. The van der Waals surface area contributed by atoms with Crippen molar-refractivity contribution in [3.63, 3.8) is 0 Å². The minimum Gasteiger partial charge on any atom is -0.262 e. The van der Waals surface area contributed by atoms with Crippen LogP contribution in [0, 0.1) is 18.3 Å². The molecule has 20 heavy (non-hydrogen) atoms. The molecular formula is C18H24N2. The van der Waals surface area contributed by atoms with Gasteiger partial charge in [0.2, 0.25) is 0 Å². The Labute approximate surface area is 123 Å². The van der Waals surface area contributed by atoms with Crippen LogP contribution in [0.5, 0.6) is 0 Å². The number of rotatable bonds is 1. The van der Waals surface area contributed by atoms with Crippen molar-refractivity contribution in [1.29, 1.82) is 5.26 Å². The molecule has 0 saturated heterocycles. The lowest BCUT2D eigenvalue weighted by atomic mass is 10.0. The van der Waals surface area contributed by atoms with Crippen molar-refractivity contribution in [2.75, 3.05) is 0 Å². The highest BCUT2D eigenvalue weighted by atomic mass is 14.6. The zero-order valence-corrected chi connectivity index (χ0v) is 13.1. The van der Waals surface area contributed by atoms with Crippen molar-refractivity contribution in [2.24, 2.45) is 0 Å². The first-order valence-corrected chi connectivity index (χ1v) is 7.01. The third-order valence-electron chi connectivity index (χ3n) is 2.52. The third kappa shape index (κ3) is 7.33. The van der Waals surface area contributed by atoms with Crippen LogP contribution in [0.15, 0.2) is 48.7 Å². The number of nitrogens with zero attached hydrogens (tertiary/aromatic N) is 2. The molecule has 0 saturated carbocycles. The summed E-state index contributed by atoms with van der Waals surface area (Å²) in [6.07, 6.45) is 1.79. The van der Waals surface area contributed by atoms with Gasteiger partial charge in [-0.25, -0.2) is 0 Å². The Kier molecular flexibility index (Phi) is 9.60. The van der Waals surface area contributed by atoms with Gasteiger partial charge in [0.05, 0.1) is 11.6 Å². The topological polar surface area (TPSA) is 36.7 Å². The normalized spacial score (nSPS) is 8.65. The molecule has 0 aliphatic carbocycles. The van der Waals surface area contributed by atoms with Gasteiger partial charge in [-0.05, 0) is 42.7 Å². The smallest absolute Gasteiger partial charge is 0.0991 e. The number of nitriles is 1. The fourth-order valence-corrected chi connectivity index (χ4v) is 1.39. The summed E-state index contributed by atoms with van der Waals surface area (Å²) in [5.41, 5.74) is 3.08. The van der Waals surface area contributed by atoms with Crippen LogP contribution >= 0.6 is 0 Å². The van der Waals surface area contributed by atoms with E-state index in [4.69, 9.17) is 5.26 Å². The Balaban J connectivity index is 0.000000345. The average Bonchev–Trinajstić information content (AvgIpc) is 2.51. The molecule has 2 aromatic rings. The van der Waals surface area contributed by atoms with Crippen molar-refractivity contribution in [3.8, 4) is 6.07 Å². The van der Waals surface area contributed by atoms with E-state index in [0.717, 1.165) is 11.3 Å². The number of hydrogen-bond donors (Lipinski definition) is 0. The fourth-order valence-electron chi connectivity index (χ4n) is 1.39. The maximum Gasteiger partial charge on any atom is 0.0991 e. The maximum atomic E-state index is 8.52. The summed E-state index contributed by atoms with van der Waals surface area (Å²) in [5.74, 6) is 0.544. The summed E-state index contributed by atoms with van der Waals surface area (Å²) >= 11 is 0. The van der Waals surface area contributed by atoms with Gasteiger partial charge in [-0.3, -0.25) is 4.98 Å². The largest absolute Gasteiger partial charge is 0.262 e. The zero-order valence-electron chi connectivity index (χ0n) is 13.1. The van der Waals surface area contributed by atoms with Crippen LogP contribution in [0.3, 0.4) is 0 Å². The molecule has 0 fully saturated rings. The van der Waals surface area contributed by atoms with Gasteiger partial charge in [0.25, 0.3) is 0 Å². The van der Waals surface area contributed by atoms with Crippen molar-refractivity contribution < 1.29 is 0 Å². The monoisotopic (exact) mass is 268 g/mol. The highest BCUT2D eigenvalue weighted by Crippen LogP contribution is 2.13. The van der Waals surface area contributed by atoms with Gasteiger partial charge in [0.1, 0.15) is 0 Å². The molecule has 0 radical (unpaired) electrons. The van der Waals surface area contributed by atoms with E-state index in [9.17, 15) is 0 Å². The maximum absolute atomic E-state index is 8.52. The van der Waals surface area contributed by atoms with Gasteiger partial charge >= 0.3 is 0 Å². The molecule has 2 rings (SSSR count). The number of aromatic nitrogens is 1. The first-order valence-electron chi connectivity index (χ1n) is 7.01. The minimum atomic E-state index is 0.544. The summed E-state index contributed by atoms with van der Waals surface area (Å²) < 4.78 is 0. The third-order valence-corrected chi connectivity index (χ3v) is 2.52. The highest BCUT2D eigenvalue weighted by molar-refractivity contribution is 5.32. The second-order valence-electron chi connectivity index (χ2n) is 4.36. The van der Waals surface area contributed by atoms with E-state index in [2.05, 4.69) is 24.9 Å². The molecule has 0 spiro atoms. The molecule has 0 N–H and O–H groups in total. The van der Waals surface area contributed by atoms with Gasteiger partial charge in [-0.2, -0.15) is 5.26 Å². The zero-order chi connectivity index (χ0) is 15.4. The summed E-state index contributed by atoms with van der Waals surface area (Å²) in [6.45, 7) is 10.3. The van der Waals surface area contributed by atoms with E-state index in [0.29, 0.717) is 5.92 Å². The average molecular weight is 268 g/mol. The van der Waals surface area contributed by atoms with E-state index in [1.54, 1.807) is 6.20 Å². The highest BCUT2D eigenvalue weighted by Gasteiger charge is 1.96. The van der Waals surface area contributed by atoms with Crippen LogP contribution in [-0.4, -0.2) is 4.98 Å². The molecule has 1 aromatic heterocycles. The quantitative estimate of drug-likeness (QED) is 0.721. The van der Waals surface area contributed by atoms with E-state index >= 15 is 0 Å². The van der Waals surface area contributed by atoms with E-state index in [1.165, 1.54) is 5.56 Å². The summed E-state index contributed by atoms with van der Waals surface area (Å²) in [7, 11) is 0.